The number of rotatable bonds is 4. The molecule has 0 unspecified atom stereocenters. The van der Waals surface area contributed by atoms with Crippen molar-refractivity contribution in [1.29, 1.82) is 0 Å². The van der Waals surface area contributed by atoms with Crippen LogP contribution in [0.15, 0.2) is 30.5 Å². The van der Waals surface area contributed by atoms with E-state index in [1.165, 1.54) is 6.42 Å². The maximum atomic E-state index is 13.1. The molecule has 1 spiro atoms. The van der Waals surface area contributed by atoms with Crippen molar-refractivity contribution >= 4 is 16.8 Å². The van der Waals surface area contributed by atoms with Crippen LogP contribution >= 0.6 is 0 Å². The Morgan fingerprint density at radius 1 is 1.22 bits per heavy atom. The molecule has 146 valence electrons. The lowest BCUT2D eigenvalue weighted by molar-refractivity contribution is -0.136. The quantitative estimate of drug-likeness (QED) is 0.900. The second-order valence-corrected chi connectivity index (χ2v) is 8.52. The number of para-hydroxylation sites is 1. The molecule has 1 saturated heterocycles. The van der Waals surface area contributed by atoms with Crippen LogP contribution in [0.2, 0.25) is 0 Å². The highest BCUT2D eigenvalue weighted by Crippen LogP contribution is 2.41. The van der Waals surface area contributed by atoms with Gasteiger partial charge in [0, 0.05) is 42.8 Å². The zero-order chi connectivity index (χ0) is 19.0. The van der Waals surface area contributed by atoms with Crippen molar-refractivity contribution in [2.24, 2.45) is 0 Å². The number of benzene rings is 1. The molecule has 2 aromatic rings. The van der Waals surface area contributed by atoms with Gasteiger partial charge in [-0.15, -0.1) is 0 Å². The van der Waals surface area contributed by atoms with E-state index in [0.717, 1.165) is 48.8 Å². The number of likely N-dealkylation sites (N-methyl/N-ethyl adjacent to an activating group) is 2. The fourth-order valence-corrected chi connectivity index (χ4v) is 5.06. The average Bonchev–Trinajstić information content (AvgIpc) is 3.29. The Balaban J connectivity index is 1.49. The van der Waals surface area contributed by atoms with E-state index in [1.807, 2.05) is 30.3 Å². The molecule has 1 amide bonds. The normalized spacial score (nSPS) is 28.3. The van der Waals surface area contributed by atoms with Crippen molar-refractivity contribution in [3.8, 4) is 0 Å². The molecular weight excluding hydrogens is 338 g/mol. The minimum atomic E-state index is 0.0478. The summed E-state index contributed by atoms with van der Waals surface area (Å²) in [6, 6.07) is 8.76. The maximum absolute atomic E-state index is 13.1. The van der Waals surface area contributed by atoms with E-state index < -0.39 is 0 Å². The number of nitrogens with one attached hydrogen (secondary N) is 1. The third-order valence-electron chi connectivity index (χ3n) is 6.68. The lowest BCUT2D eigenvalue weighted by atomic mass is 9.76. The summed E-state index contributed by atoms with van der Waals surface area (Å²) in [4.78, 5) is 20.6. The Morgan fingerprint density at radius 3 is 2.78 bits per heavy atom. The first kappa shape index (κ1) is 18.5. The van der Waals surface area contributed by atoms with Gasteiger partial charge in [0.2, 0.25) is 5.91 Å². The fourth-order valence-electron chi connectivity index (χ4n) is 5.06. The molecule has 4 rings (SSSR count). The number of H-pyrrole nitrogens is 1. The van der Waals surface area contributed by atoms with E-state index in [4.69, 9.17) is 4.74 Å². The molecule has 0 radical (unpaired) electrons. The SMILES string of the molecule is CN(C)[C@H]1C[C@@]2(CCCO2)CC[C@@H]1N(C)C(=O)Cc1c[nH]c2ccccc12. The van der Waals surface area contributed by atoms with Crippen LogP contribution in [0, 0.1) is 0 Å². The van der Waals surface area contributed by atoms with Gasteiger partial charge in [-0.2, -0.15) is 0 Å². The predicted molar refractivity (Wildman–Crippen MR) is 108 cm³/mol. The topological polar surface area (TPSA) is 48.6 Å². The third-order valence-corrected chi connectivity index (χ3v) is 6.68. The monoisotopic (exact) mass is 369 g/mol. The smallest absolute Gasteiger partial charge is 0.227 e. The molecule has 2 heterocycles. The highest BCUT2D eigenvalue weighted by molar-refractivity contribution is 5.88. The van der Waals surface area contributed by atoms with Crippen LogP contribution in [-0.2, 0) is 16.0 Å². The van der Waals surface area contributed by atoms with Crippen LogP contribution in [-0.4, -0.2) is 66.1 Å². The first-order valence-corrected chi connectivity index (χ1v) is 10.1. The highest BCUT2D eigenvalue weighted by Gasteiger charge is 2.46. The van der Waals surface area contributed by atoms with Crippen LogP contribution in [0.3, 0.4) is 0 Å². The van der Waals surface area contributed by atoms with Crippen LogP contribution in [0.4, 0.5) is 0 Å². The summed E-state index contributed by atoms with van der Waals surface area (Å²) >= 11 is 0. The average molecular weight is 370 g/mol. The standard InChI is InChI=1S/C22H31N3O2/c1-24(2)20-14-22(10-6-12-27-22)11-9-19(20)25(3)21(26)13-16-15-23-18-8-5-4-7-17(16)18/h4-5,7-8,15,19-20,23H,6,9-14H2,1-3H3/t19-,20-,22+/m0/s1. The second-order valence-electron chi connectivity index (χ2n) is 8.52. The number of aromatic amines is 1. The van der Waals surface area contributed by atoms with E-state index in [9.17, 15) is 4.79 Å². The van der Waals surface area contributed by atoms with Gasteiger partial charge >= 0.3 is 0 Å². The predicted octanol–water partition coefficient (Wildman–Crippen LogP) is 3.20. The summed E-state index contributed by atoms with van der Waals surface area (Å²) in [5, 5.41) is 1.14. The van der Waals surface area contributed by atoms with E-state index in [2.05, 4.69) is 36.1 Å². The lowest BCUT2D eigenvalue weighted by Gasteiger charge is -2.47. The number of fused-ring (bicyclic) bond motifs is 1. The number of amides is 1. The van der Waals surface area contributed by atoms with Gasteiger partial charge in [-0.05, 0) is 57.8 Å². The number of hydrogen-bond donors (Lipinski definition) is 1. The van der Waals surface area contributed by atoms with Crippen molar-refractivity contribution in [1.82, 2.24) is 14.8 Å². The number of hydrogen-bond acceptors (Lipinski definition) is 3. The van der Waals surface area contributed by atoms with E-state index >= 15 is 0 Å². The number of nitrogens with zero attached hydrogens (tertiary/aromatic N) is 2. The zero-order valence-corrected chi connectivity index (χ0v) is 16.7. The molecule has 1 aliphatic heterocycles. The van der Waals surface area contributed by atoms with Crippen molar-refractivity contribution in [2.75, 3.05) is 27.7 Å². The van der Waals surface area contributed by atoms with E-state index in [-0.39, 0.29) is 17.6 Å². The fraction of sp³-hybridized carbons (Fsp3) is 0.591. The number of carbonyl (C=O) groups excluding carboxylic acids is 1. The van der Waals surface area contributed by atoms with Gasteiger partial charge in [-0.25, -0.2) is 0 Å². The van der Waals surface area contributed by atoms with Crippen molar-refractivity contribution in [3.05, 3.63) is 36.0 Å². The Kier molecular flexibility index (Phi) is 4.99. The van der Waals surface area contributed by atoms with Crippen LogP contribution < -0.4 is 0 Å². The van der Waals surface area contributed by atoms with Crippen LogP contribution in [0.5, 0.6) is 0 Å². The minimum absolute atomic E-state index is 0.0478. The van der Waals surface area contributed by atoms with Gasteiger partial charge in [0.15, 0.2) is 0 Å². The largest absolute Gasteiger partial charge is 0.375 e. The molecule has 3 atom stereocenters. The molecule has 1 aliphatic carbocycles. The Bertz CT molecular complexity index is 807. The first-order chi connectivity index (χ1) is 13.0. The van der Waals surface area contributed by atoms with Crippen molar-refractivity contribution < 1.29 is 9.53 Å². The molecule has 1 saturated carbocycles. The summed E-state index contributed by atoms with van der Waals surface area (Å²) < 4.78 is 6.15. The lowest BCUT2D eigenvalue weighted by Crippen LogP contribution is -2.57. The molecule has 5 nitrogen and oxygen atoms in total. The molecule has 5 heteroatoms. The Labute approximate surface area is 161 Å². The highest BCUT2D eigenvalue weighted by atomic mass is 16.5. The number of carbonyl (C=O) groups is 1. The zero-order valence-electron chi connectivity index (χ0n) is 16.7. The Hall–Kier alpha value is -1.85. The molecule has 2 fully saturated rings. The van der Waals surface area contributed by atoms with Gasteiger partial charge in [0.1, 0.15) is 0 Å². The molecular formula is C22H31N3O2. The van der Waals surface area contributed by atoms with Crippen LogP contribution in [0.25, 0.3) is 10.9 Å². The second kappa shape index (κ2) is 7.28. The summed E-state index contributed by atoms with van der Waals surface area (Å²) in [6.45, 7) is 0.889. The molecule has 0 bridgehead atoms. The molecule has 27 heavy (non-hydrogen) atoms. The molecule has 2 aliphatic rings. The molecule has 1 aromatic carbocycles. The van der Waals surface area contributed by atoms with Gasteiger partial charge in [0.25, 0.3) is 0 Å². The van der Waals surface area contributed by atoms with E-state index in [0.29, 0.717) is 12.5 Å². The minimum Gasteiger partial charge on any atom is -0.375 e. The molecule has 1 aromatic heterocycles. The van der Waals surface area contributed by atoms with Crippen LogP contribution in [0.1, 0.15) is 37.7 Å². The third kappa shape index (κ3) is 3.50. The summed E-state index contributed by atoms with van der Waals surface area (Å²) in [5.74, 6) is 0.194. The van der Waals surface area contributed by atoms with Gasteiger partial charge in [-0.3, -0.25) is 4.79 Å². The van der Waals surface area contributed by atoms with Gasteiger partial charge in [0.05, 0.1) is 12.0 Å². The number of ether oxygens (including phenoxy) is 1. The number of aromatic nitrogens is 1. The summed E-state index contributed by atoms with van der Waals surface area (Å²) in [5.41, 5.74) is 2.22. The summed E-state index contributed by atoms with van der Waals surface area (Å²) in [7, 11) is 6.24. The Morgan fingerprint density at radius 2 is 2.04 bits per heavy atom. The first-order valence-electron chi connectivity index (χ1n) is 10.1. The van der Waals surface area contributed by atoms with E-state index in [1.54, 1.807) is 0 Å². The maximum Gasteiger partial charge on any atom is 0.227 e. The summed E-state index contributed by atoms with van der Waals surface area (Å²) in [6.07, 6.45) is 7.85. The van der Waals surface area contributed by atoms with Gasteiger partial charge in [-0.1, -0.05) is 18.2 Å². The molecule has 1 N–H and O–H groups in total. The van der Waals surface area contributed by atoms with Crippen molar-refractivity contribution in [3.63, 3.8) is 0 Å². The van der Waals surface area contributed by atoms with Gasteiger partial charge < -0.3 is 19.5 Å². The van der Waals surface area contributed by atoms with Crippen molar-refractivity contribution in [2.45, 2.75) is 56.2 Å².